The first-order valence-corrected chi connectivity index (χ1v) is 6.40. The molecule has 0 saturated carbocycles. The lowest BCUT2D eigenvalue weighted by atomic mass is 10.2. The third-order valence-corrected chi connectivity index (χ3v) is 1.54. The number of hydrogen-bond donors (Lipinski definition) is 4. The molecule has 0 saturated heterocycles. The zero-order valence-corrected chi connectivity index (χ0v) is 12.9. The lowest BCUT2D eigenvalue weighted by Crippen LogP contribution is -1.82. The van der Waals surface area contributed by atoms with Crippen molar-refractivity contribution in [3.63, 3.8) is 0 Å². The largest absolute Gasteiger partial charge is 0.478 e. The van der Waals surface area contributed by atoms with Crippen molar-refractivity contribution in [2.75, 3.05) is 6.61 Å². The zero-order valence-electron chi connectivity index (χ0n) is 12.9. The van der Waals surface area contributed by atoms with Crippen LogP contribution in [0.25, 0.3) is 0 Å². The van der Waals surface area contributed by atoms with E-state index in [9.17, 15) is 14.4 Å². The second kappa shape index (κ2) is 27.0. The number of aliphatic hydroxyl groups excluding tert-OH is 1. The third kappa shape index (κ3) is 84.0. The second-order valence-corrected chi connectivity index (χ2v) is 3.41. The molecule has 0 aromatic carbocycles. The van der Waals surface area contributed by atoms with Crippen molar-refractivity contribution in [3.05, 3.63) is 38.0 Å². The molecule has 0 amide bonds. The summed E-state index contributed by atoms with van der Waals surface area (Å²) in [5, 5.41) is 31.1. The molecule has 0 atom stereocenters. The number of carboxylic acids is 3. The Kier molecular flexibility index (Phi) is 34.2. The van der Waals surface area contributed by atoms with Crippen LogP contribution in [0, 0.1) is 0 Å². The molecule has 0 aliphatic rings. The quantitative estimate of drug-likeness (QED) is 0.418. The minimum Gasteiger partial charge on any atom is -0.478 e. The fourth-order valence-electron chi connectivity index (χ4n) is 0.539. The van der Waals surface area contributed by atoms with E-state index in [-0.39, 0.29) is 0 Å². The number of hydrogen-bond acceptors (Lipinski definition) is 4. The highest BCUT2D eigenvalue weighted by atomic mass is 16.4. The fraction of sp³-hybridized carbons (Fsp3) is 0.400. The normalized spacial score (nSPS) is 7.36. The van der Waals surface area contributed by atoms with E-state index < -0.39 is 17.9 Å². The lowest BCUT2D eigenvalue weighted by molar-refractivity contribution is -0.132. The van der Waals surface area contributed by atoms with Gasteiger partial charge in [-0.1, -0.05) is 45.9 Å². The van der Waals surface area contributed by atoms with Crippen LogP contribution >= 0.6 is 0 Å². The predicted molar refractivity (Wildman–Crippen MR) is 84.7 cm³/mol. The van der Waals surface area contributed by atoms with Gasteiger partial charge in [0.1, 0.15) is 0 Å². The first kappa shape index (κ1) is 27.9. The zero-order chi connectivity index (χ0) is 18.4. The van der Waals surface area contributed by atoms with Crippen molar-refractivity contribution >= 4 is 17.9 Å². The van der Waals surface area contributed by atoms with Crippen molar-refractivity contribution in [3.8, 4) is 0 Å². The Morgan fingerprint density at radius 1 is 0.773 bits per heavy atom. The lowest BCUT2D eigenvalue weighted by Gasteiger charge is -1.90. The van der Waals surface area contributed by atoms with Crippen LogP contribution in [0.15, 0.2) is 38.0 Å². The molecular formula is C15H26O7. The van der Waals surface area contributed by atoms with E-state index in [2.05, 4.69) is 26.7 Å². The summed E-state index contributed by atoms with van der Waals surface area (Å²) in [6, 6.07) is 0. The van der Waals surface area contributed by atoms with E-state index in [0.29, 0.717) is 6.61 Å². The van der Waals surface area contributed by atoms with Gasteiger partial charge in [0.15, 0.2) is 0 Å². The molecule has 4 N–H and O–H groups in total. The second-order valence-electron chi connectivity index (χ2n) is 3.41. The Morgan fingerprint density at radius 3 is 1.18 bits per heavy atom. The smallest absolute Gasteiger partial charge is 0.327 e. The summed E-state index contributed by atoms with van der Waals surface area (Å²) in [5.74, 6) is -2.94. The van der Waals surface area contributed by atoms with Crippen LogP contribution in [-0.2, 0) is 14.4 Å². The standard InChI is InChI=1S/C6H14O.3C3H4O2/c1-2-3-4-5-6-7;3*1-2-3(4)5/h7H,2-6H2,1H3;3*2H,1H2,(H,4,5). The SMILES string of the molecule is C=CC(=O)O.C=CC(=O)O.C=CC(=O)O.CCCCCCO. The Hall–Kier alpha value is -2.41. The van der Waals surface area contributed by atoms with Crippen LogP contribution in [0.1, 0.15) is 32.6 Å². The Balaban J connectivity index is -0.0000000995. The van der Waals surface area contributed by atoms with Crippen molar-refractivity contribution in [1.29, 1.82) is 0 Å². The molecule has 7 nitrogen and oxygen atoms in total. The molecule has 0 aliphatic carbocycles. The van der Waals surface area contributed by atoms with Crippen LogP contribution in [0.3, 0.4) is 0 Å². The molecule has 22 heavy (non-hydrogen) atoms. The molecule has 0 bridgehead atoms. The van der Waals surface area contributed by atoms with Crippen molar-refractivity contribution in [1.82, 2.24) is 0 Å². The van der Waals surface area contributed by atoms with Gasteiger partial charge in [0, 0.05) is 24.8 Å². The summed E-state index contributed by atoms with van der Waals surface area (Å²) in [6.45, 7) is 11.4. The third-order valence-electron chi connectivity index (χ3n) is 1.54. The van der Waals surface area contributed by atoms with Crippen LogP contribution in [0.5, 0.6) is 0 Å². The summed E-state index contributed by atoms with van der Waals surface area (Å²) in [6.07, 6.45) is 7.18. The predicted octanol–water partition coefficient (Wildman–Crippen LogP) is 2.33. The number of aliphatic carboxylic acids is 3. The van der Waals surface area contributed by atoms with Gasteiger partial charge in [-0.05, 0) is 6.42 Å². The number of aliphatic hydroxyl groups is 1. The maximum Gasteiger partial charge on any atom is 0.327 e. The fourth-order valence-corrected chi connectivity index (χ4v) is 0.539. The first-order chi connectivity index (χ1) is 10.2. The van der Waals surface area contributed by atoms with E-state index in [1.807, 2.05) is 0 Å². The monoisotopic (exact) mass is 318 g/mol. The number of rotatable bonds is 7. The summed E-state index contributed by atoms with van der Waals surface area (Å²) < 4.78 is 0. The highest BCUT2D eigenvalue weighted by Gasteiger charge is 1.81. The highest BCUT2D eigenvalue weighted by molar-refractivity contribution is 5.79. The summed E-state index contributed by atoms with van der Waals surface area (Å²) >= 11 is 0. The molecule has 0 rings (SSSR count). The van der Waals surface area contributed by atoms with Crippen LogP contribution < -0.4 is 0 Å². The topological polar surface area (TPSA) is 132 Å². The molecule has 0 fully saturated rings. The Morgan fingerprint density at radius 2 is 1.05 bits per heavy atom. The van der Waals surface area contributed by atoms with E-state index in [1.54, 1.807) is 0 Å². The van der Waals surface area contributed by atoms with Gasteiger partial charge in [-0.15, -0.1) is 0 Å². The molecule has 0 aromatic heterocycles. The maximum atomic E-state index is 9.25. The Labute approximate surface area is 130 Å². The van der Waals surface area contributed by atoms with Crippen LogP contribution in [0.4, 0.5) is 0 Å². The average molecular weight is 318 g/mol. The number of carboxylic acid groups (broad SMARTS) is 3. The van der Waals surface area contributed by atoms with Gasteiger partial charge in [-0.3, -0.25) is 0 Å². The summed E-state index contributed by atoms with van der Waals surface area (Å²) in [7, 11) is 0. The van der Waals surface area contributed by atoms with Crippen molar-refractivity contribution < 1.29 is 34.8 Å². The summed E-state index contributed by atoms with van der Waals surface area (Å²) in [4.78, 5) is 27.8. The van der Waals surface area contributed by atoms with Crippen LogP contribution in [0.2, 0.25) is 0 Å². The van der Waals surface area contributed by atoms with Gasteiger partial charge in [0.2, 0.25) is 0 Å². The highest BCUT2D eigenvalue weighted by Crippen LogP contribution is 1.96. The van der Waals surface area contributed by atoms with E-state index in [1.165, 1.54) is 19.3 Å². The van der Waals surface area contributed by atoms with Crippen LogP contribution in [-0.4, -0.2) is 44.9 Å². The molecule has 0 aliphatic heterocycles. The molecule has 0 radical (unpaired) electrons. The number of carbonyl (C=O) groups is 3. The average Bonchev–Trinajstić information content (AvgIpc) is 2.49. The van der Waals surface area contributed by atoms with Gasteiger partial charge >= 0.3 is 17.9 Å². The van der Waals surface area contributed by atoms with E-state index in [0.717, 1.165) is 24.6 Å². The van der Waals surface area contributed by atoms with Gasteiger partial charge in [-0.2, -0.15) is 0 Å². The Bertz CT molecular complexity index is 275. The molecule has 0 aromatic rings. The van der Waals surface area contributed by atoms with Gasteiger partial charge in [0.05, 0.1) is 0 Å². The molecule has 0 unspecified atom stereocenters. The van der Waals surface area contributed by atoms with Gasteiger partial charge in [-0.25, -0.2) is 14.4 Å². The van der Waals surface area contributed by atoms with Gasteiger partial charge in [0.25, 0.3) is 0 Å². The van der Waals surface area contributed by atoms with Crippen molar-refractivity contribution in [2.45, 2.75) is 32.6 Å². The molecular weight excluding hydrogens is 292 g/mol. The minimum absolute atomic E-state index is 0.361. The molecule has 7 heteroatoms. The molecule has 0 heterocycles. The van der Waals surface area contributed by atoms with Gasteiger partial charge < -0.3 is 20.4 Å². The first-order valence-electron chi connectivity index (χ1n) is 6.40. The number of unbranched alkanes of at least 4 members (excludes halogenated alkanes) is 3. The summed E-state index contributed by atoms with van der Waals surface area (Å²) in [5.41, 5.74) is 0. The maximum absolute atomic E-state index is 9.25. The van der Waals surface area contributed by atoms with E-state index >= 15 is 0 Å². The minimum atomic E-state index is -0.981. The molecule has 128 valence electrons. The van der Waals surface area contributed by atoms with Crippen molar-refractivity contribution in [2.24, 2.45) is 0 Å². The molecule has 0 spiro atoms. The van der Waals surface area contributed by atoms with E-state index in [4.69, 9.17) is 20.4 Å².